The summed E-state index contributed by atoms with van der Waals surface area (Å²) in [6, 6.07) is 13.2. The standard InChI is InChI=1S/C16H16FNO2/c1-18(14-7-4-6-13(17)10-14)11-16(19)12-5-3-8-15(9-12)20-2/h3-10H,11H2,1-2H3. The number of anilines is 1. The predicted octanol–water partition coefficient (Wildman–Crippen LogP) is 3.15. The molecule has 4 heteroatoms. The van der Waals surface area contributed by atoms with Gasteiger partial charge in [-0.25, -0.2) is 4.39 Å². The van der Waals surface area contributed by atoms with Gasteiger partial charge in [0.1, 0.15) is 11.6 Å². The van der Waals surface area contributed by atoms with E-state index in [0.29, 0.717) is 17.0 Å². The molecule has 2 aromatic rings. The molecule has 0 aliphatic rings. The van der Waals surface area contributed by atoms with Crippen molar-refractivity contribution in [3.63, 3.8) is 0 Å². The predicted molar refractivity (Wildman–Crippen MR) is 77.0 cm³/mol. The van der Waals surface area contributed by atoms with Crippen LogP contribution in [0.15, 0.2) is 48.5 Å². The third kappa shape index (κ3) is 3.35. The topological polar surface area (TPSA) is 29.5 Å². The Morgan fingerprint density at radius 2 is 1.95 bits per heavy atom. The van der Waals surface area contributed by atoms with Crippen molar-refractivity contribution in [3.8, 4) is 5.75 Å². The highest BCUT2D eigenvalue weighted by atomic mass is 19.1. The second-order valence-corrected chi connectivity index (χ2v) is 4.49. The average Bonchev–Trinajstić information content (AvgIpc) is 2.47. The lowest BCUT2D eigenvalue weighted by Crippen LogP contribution is -2.25. The van der Waals surface area contributed by atoms with E-state index in [1.165, 1.54) is 12.1 Å². The number of rotatable bonds is 5. The first-order valence-electron chi connectivity index (χ1n) is 6.24. The van der Waals surface area contributed by atoms with E-state index in [2.05, 4.69) is 0 Å². The minimum Gasteiger partial charge on any atom is -0.497 e. The van der Waals surface area contributed by atoms with Crippen molar-refractivity contribution >= 4 is 11.5 Å². The van der Waals surface area contributed by atoms with E-state index < -0.39 is 0 Å². The highest BCUT2D eigenvalue weighted by molar-refractivity contribution is 5.99. The van der Waals surface area contributed by atoms with Gasteiger partial charge in [0.2, 0.25) is 0 Å². The summed E-state index contributed by atoms with van der Waals surface area (Å²) in [4.78, 5) is 13.9. The van der Waals surface area contributed by atoms with E-state index in [1.54, 1.807) is 55.5 Å². The molecule has 0 aromatic heterocycles. The second-order valence-electron chi connectivity index (χ2n) is 4.49. The number of carbonyl (C=O) groups excluding carboxylic acids is 1. The summed E-state index contributed by atoms with van der Waals surface area (Å²) in [6.07, 6.45) is 0. The molecule has 0 bridgehead atoms. The Kier molecular flexibility index (Phi) is 4.35. The molecule has 3 nitrogen and oxygen atoms in total. The molecule has 0 aliphatic carbocycles. The molecule has 0 saturated carbocycles. The third-order valence-corrected chi connectivity index (χ3v) is 3.02. The molecule has 0 saturated heterocycles. The summed E-state index contributed by atoms with van der Waals surface area (Å²) in [5, 5.41) is 0. The van der Waals surface area contributed by atoms with Crippen LogP contribution in [0.2, 0.25) is 0 Å². The third-order valence-electron chi connectivity index (χ3n) is 3.02. The lowest BCUT2D eigenvalue weighted by Gasteiger charge is -2.18. The lowest BCUT2D eigenvalue weighted by atomic mass is 10.1. The molecule has 20 heavy (non-hydrogen) atoms. The maximum atomic E-state index is 13.2. The fraction of sp³-hybridized carbons (Fsp3) is 0.188. The van der Waals surface area contributed by atoms with Crippen LogP contribution in [-0.2, 0) is 0 Å². The largest absolute Gasteiger partial charge is 0.497 e. The number of methoxy groups -OCH3 is 1. The summed E-state index contributed by atoms with van der Waals surface area (Å²) in [6.45, 7) is 0.177. The number of ether oxygens (including phenoxy) is 1. The van der Waals surface area contributed by atoms with Gasteiger partial charge >= 0.3 is 0 Å². The minimum atomic E-state index is -0.317. The van der Waals surface area contributed by atoms with Gasteiger partial charge in [-0.1, -0.05) is 18.2 Å². The lowest BCUT2D eigenvalue weighted by molar-refractivity contribution is 0.1000. The monoisotopic (exact) mass is 273 g/mol. The van der Waals surface area contributed by atoms with Crippen LogP contribution in [-0.4, -0.2) is 26.5 Å². The molecule has 0 radical (unpaired) electrons. The van der Waals surface area contributed by atoms with Gasteiger partial charge in [0, 0.05) is 18.3 Å². The average molecular weight is 273 g/mol. The van der Waals surface area contributed by atoms with E-state index in [-0.39, 0.29) is 18.1 Å². The maximum Gasteiger partial charge on any atom is 0.182 e. The first kappa shape index (κ1) is 14.1. The van der Waals surface area contributed by atoms with Gasteiger partial charge < -0.3 is 9.64 Å². The van der Waals surface area contributed by atoms with Crippen LogP contribution in [0.4, 0.5) is 10.1 Å². The summed E-state index contributed by atoms with van der Waals surface area (Å²) >= 11 is 0. The zero-order valence-electron chi connectivity index (χ0n) is 11.5. The van der Waals surface area contributed by atoms with Crippen molar-refractivity contribution in [2.24, 2.45) is 0 Å². The summed E-state index contributed by atoms with van der Waals surface area (Å²) < 4.78 is 18.3. The van der Waals surface area contributed by atoms with Gasteiger partial charge in [-0.3, -0.25) is 4.79 Å². The molecule has 2 aromatic carbocycles. The molecule has 0 atom stereocenters. The first-order valence-corrected chi connectivity index (χ1v) is 6.24. The van der Waals surface area contributed by atoms with E-state index in [9.17, 15) is 9.18 Å². The van der Waals surface area contributed by atoms with Crippen LogP contribution < -0.4 is 9.64 Å². The highest BCUT2D eigenvalue weighted by Gasteiger charge is 2.11. The molecule has 0 amide bonds. The number of benzene rings is 2. The van der Waals surface area contributed by atoms with Gasteiger partial charge in [0.25, 0.3) is 0 Å². The van der Waals surface area contributed by atoms with Crippen molar-refractivity contribution in [1.82, 2.24) is 0 Å². The minimum absolute atomic E-state index is 0.0457. The van der Waals surface area contributed by atoms with Crippen LogP contribution in [0.25, 0.3) is 0 Å². The SMILES string of the molecule is COc1cccc(C(=O)CN(C)c2cccc(F)c2)c1. The van der Waals surface area contributed by atoms with Gasteiger partial charge in [0.15, 0.2) is 5.78 Å². The van der Waals surface area contributed by atoms with E-state index in [4.69, 9.17) is 4.74 Å². The van der Waals surface area contributed by atoms with Crippen LogP contribution in [0.1, 0.15) is 10.4 Å². The van der Waals surface area contributed by atoms with E-state index in [0.717, 1.165) is 0 Å². The molecular weight excluding hydrogens is 257 g/mol. The first-order chi connectivity index (χ1) is 9.60. The summed E-state index contributed by atoms with van der Waals surface area (Å²) in [7, 11) is 3.31. The van der Waals surface area contributed by atoms with Crippen molar-refractivity contribution in [2.75, 3.05) is 25.6 Å². The summed E-state index contributed by atoms with van der Waals surface area (Å²) in [5.74, 6) is 0.281. The Morgan fingerprint density at radius 3 is 2.65 bits per heavy atom. The van der Waals surface area contributed by atoms with Crippen LogP contribution in [0.5, 0.6) is 5.75 Å². The molecule has 0 N–H and O–H groups in total. The zero-order chi connectivity index (χ0) is 14.5. The van der Waals surface area contributed by atoms with Crippen LogP contribution in [0, 0.1) is 5.82 Å². The Morgan fingerprint density at radius 1 is 1.20 bits per heavy atom. The molecule has 0 fully saturated rings. The molecule has 0 heterocycles. The molecule has 0 aliphatic heterocycles. The Bertz CT molecular complexity index is 613. The number of ketones is 1. The Hall–Kier alpha value is -2.36. The van der Waals surface area contributed by atoms with Crippen molar-refractivity contribution in [3.05, 3.63) is 59.9 Å². The smallest absolute Gasteiger partial charge is 0.182 e. The van der Waals surface area contributed by atoms with Crippen molar-refractivity contribution in [2.45, 2.75) is 0 Å². The quantitative estimate of drug-likeness (QED) is 0.784. The fourth-order valence-corrected chi connectivity index (χ4v) is 1.91. The van der Waals surface area contributed by atoms with E-state index >= 15 is 0 Å². The molecular formula is C16H16FNO2. The van der Waals surface area contributed by atoms with Gasteiger partial charge in [-0.05, 0) is 30.3 Å². The number of hydrogen-bond acceptors (Lipinski definition) is 3. The van der Waals surface area contributed by atoms with Crippen LogP contribution in [0.3, 0.4) is 0 Å². The number of halogens is 1. The Labute approximate surface area is 117 Å². The fourth-order valence-electron chi connectivity index (χ4n) is 1.91. The normalized spacial score (nSPS) is 10.2. The van der Waals surface area contributed by atoms with Crippen molar-refractivity contribution < 1.29 is 13.9 Å². The highest BCUT2D eigenvalue weighted by Crippen LogP contribution is 2.16. The molecule has 0 spiro atoms. The van der Waals surface area contributed by atoms with Gasteiger partial charge in [-0.2, -0.15) is 0 Å². The number of carbonyl (C=O) groups is 1. The van der Waals surface area contributed by atoms with Gasteiger partial charge in [0.05, 0.1) is 13.7 Å². The van der Waals surface area contributed by atoms with Crippen LogP contribution >= 0.6 is 0 Å². The number of Topliss-reactive ketones (excluding diaryl/α,β-unsaturated/α-hetero) is 1. The Balaban J connectivity index is 2.10. The maximum absolute atomic E-state index is 13.2. The summed E-state index contributed by atoms with van der Waals surface area (Å²) in [5.41, 5.74) is 1.24. The molecule has 0 unspecified atom stereocenters. The van der Waals surface area contributed by atoms with Crippen molar-refractivity contribution in [1.29, 1.82) is 0 Å². The number of likely N-dealkylation sites (N-methyl/N-ethyl adjacent to an activating group) is 1. The van der Waals surface area contributed by atoms with Gasteiger partial charge in [-0.15, -0.1) is 0 Å². The zero-order valence-corrected chi connectivity index (χ0v) is 11.5. The number of nitrogens with zero attached hydrogens (tertiary/aromatic N) is 1. The number of hydrogen-bond donors (Lipinski definition) is 0. The molecule has 104 valence electrons. The molecule has 2 rings (SSSR count). The van der Waals surface area contributed by atoms with E-state index in [1.807, 2.05) is 0 Å². The second kappa shape index (κ2) is 6.19.